The van der Waals surface area contributed by atoms with Gasteiger partial charge in [0.1, 0.15) is 0 Å². The Morgan fingerprint density at radius 2 is 1.81 bits per heavy atom. The van der Waals surface area contributed by atoms with E-state index in [0.29, 0.717) is 11.8 Å². The van der Waals surface area contributed by atoms with E-state index < -0.39 is 39.1 Å². The fourth-order valence-corrected chi connectivity index (χ4v) is 5.26. The van der Waals surface area contributed by atoms with Crippen LogP contribution in [0.15, 0.2) is 58.3 Å². The number of aromatic hydroxyl groups is 1. The van der Waals surface area contributed by atoms with Crippen molar-refractivity contribution in [2.75, 3.05) is 11.5 Å². The molecule has 1 atom stereocenters. The number of aromatic nitrogens is 1. The molecule has 3 aromatic rings. The Hall–Kier alpha value is -3.14. The molecule has 0 unspecified atom stereocenters. The van der Waals surface area contributed by atoms with Crippen LogP contribution in [0, 0.1) is 0 Å². The first kappa shape index (κ1) is 21.1. The Balaban J connectivity index is 1.91. The SMILES string of the molecule is O=c1c2ccccc2c(C=N[C@@H]2CCS(=O)(=O)C2)c(O)n1-c1cccc(C(F)(F)F)c1. The highest BCUT2D eigenvalue weighted by Gasteiger charge is 2.31. The fraction of sp³-hybridized carbons (Fsp3) is 0.238. The van der Waals surface area contributed by atoms with E-state index in [9.17, 15) is 31.5 Å². The summed E-state index contributed by atoms with van der Waals surface area (Å²) in [7, 11) is -3.17. The molecule has 1 N–H and O–H groups in total. The summed E-state index contributed by atoms with van der Waals surface area (Å²) in [5.74, 6) is -0.673. The van der Waals surface area contributed by atoms with Crippen LogP contribution in [0.2, 0.25) is 0 Å². The third kappa shape index (κ3) is 4.07. The van der Waals surface area contributed by atoms with Crippen LogP contribution in [0.5, 0.6) is 5.88 Å². The van der Waals surface area contributed by atoms with Crippen molar-refractivity contribution in [1.29, 1.82) is 0 Å². The second-order valence-electron chi connectivity index (χ2n) is 7.31. The fourth-order valence-electron chi connectivity index (χ4n) is 3.62. The van der Waals surface area contributed by atoms with Gasteiger partial charge in [-0.3, -0.25) is 9.79 Å². The van der Waals surface area contributed by atoms with Crippen molar-refractivity contribution in [3.63, 3.8) is 0 Å². The molecule has 1 saturated heterocycles. The maximum atomic E-state index is 13.2. The van der Waals surface area contributed by atoms with E-state index in [0.717, 1.165) is 22.8 Å². The molecular formula is C21H17F3N2O4S. The number of hydrogen-bond donors (Lipinski definition) is 1. The summed E-state index contributed by atoms with van der Waals surface area (Å²) in [4.78, 5) is 17.3. The van der Waals surface area contributed by atoms with E-state index in [1.165, 1.54) is 18.3 Å². The summed E-state index contributed by atoms with van der Waals surface area (Å²) in [5, 5.41) is 11.4. The van der Waals surface area contributed by atoms with Crippen LogP contribution in [0.25, 0.3) is 16.5 Å². The Kier molecular flexibility index (Phi) is 5.12. The van der Waals surface area contributed by atoms with E-state index in [2.05, 4.69) is 4.99 Å². The van der Waals surface area contributed by atoms with Crippen LogP contribution in [0.3, 0.4) is 0 Å². The number of pyridine rings is 1. The number of rotatable bonds is 3. The molecule has 1 fully saturated rings. The lowest BCUT2D eigenvalue weighted by Crippen LogP contribution is -2.21. The molecule has 0 spiro atoms. The minimum absolute atomic E-state index is 0.0193. The highest BCUT2D eigenvalue weighted by molar-refractivity contribution is 7.91. The van der Waals surface area contributed by atoms with Gasteiger partial charge in [-0.2, -0.15) is 13.2 Å². The highest BCUT2D eigenvalue weighted by atomic mass is 32.2. The Bertz CT molecular complexity index is 1360. The summed E-state index contributed by atoms with van der Waals surface area (Å²) >= 11 is 0. The molecule has 0 saturated carbocycles. The summed E-state index contributed by atoms with van der Waals surface area (Å²) in [6, 6.07) is 9.92. The second kappa shape index (κ2) is 7.52. The molecule has 0 amide bonds. The number of alkyl halides is 3. The van der Waals surface area contributed by atoms with Crippen LogP contribution < -0.4 is 5.56 Å². The maximum absolute atomic E-state index is 13.2. The lowest BCUT2D eigenvalue weighted by atomic mass is 10.1. The molecule has 2 heterocycles. The van der Waals surface area contributed by atoms with E-state index >= 15 is 0 Å². The predicted molar refractivity (Wildman–Crippen MR) is 111 cm³/mol. The lowest BCUT2D eigenvalue weighted by Gasteiger charge is -2.15. The third-order valence-corrected chi connectivity index (χ3v) is 6.91. The molecule has 1 aliphatic heterocycles. The van der Waals surface area contributed by atoms with Crippen molar-refractivity contribution in [2.45, 2.75) is 18.6 Å². The maximum Gasteiger partial charge on any atom is 0.416 e. The second-order valence-corrected chi connectivity index (χ2v) is 9.54. The number of benzene rings is 2. The largest absolute Gasteiger partial charge is 0.494 e. The minimum Gasteiger partial charge on any atom is -0.494 e. The average Bonchev–Trinajstić information content (AvgIpc) is 3.06. The molecule has 162 valence electrons. The summed E-state index contributed by atoms with van der Waals surface area (Å²) in [6.07, 6.45) is -3.00. The molecule has 0 radical (unpaired) electrons. The monoisotopic (exact) mass is 450 g/mol. The Morgan fingerprint density at radius 1 is 1.10 bits per heavy atom. The van der Waals surface area contributed by atoms with Crippen molar-refractivity contribution in [1.82, 2.24) is 4.57 Å². The molecule has 6 nitrogen and oxygen atoms in total. The molecule has 1 aromatic heterocycles. The van der Waals surface area contributed by atoms with Crippen LogP contribution >= 0.6 is 0 Å². The van der Waals surface area contributed by atoms with E-state index in [1.807, 2.05) is 0 Å². The number of hydrogen-bond acceptors (Lipinski definition) is 5. The smallest absolute Gasteiger partial charge is 0.416 e. The zero-order chi connectivity index (χ0) is 22.4. The summed E-state index contributed by atoms with van der Waals surface area (Å²) < 4.78 is 63.6. The standard InChI is InChI=1S/C21H17F3N2O4S/c22-21(23,24)13-4-3-5-15(10-13)26-19(27)17-7-2-1-6-16(17)18(20(26)28)11-25-14-8-9-31(29,30)12-14/h1-7,10-11,14,28H,8-9,12H2/t14-/m1/s1. The number of nitrogens with zero attached hydrogens (tertiary/aromatic N) is 2. The first-order valence-corrected chi connectivity index (χ1v) is 11.2. The van der Waals surface area contributed by atoms with Crippen molar-refractivity contribution in [3.8, 4) is 11.6 Å². The highest BCUT2D eigenvalue weighted by Crippen LogP contribution is 2.32. The lowest BCUT2D eigenvalue weighted by molar-refractivity contribution is -0.137. The third-order valence-electron chi connectivity index (χ3n) is 5.16. The van der Waals surface area contributed by atoms with Gasteiger partial charge in [0, 0.05) is 17.0 Å². The zero-order valence-corrected chi connectivity index (χ0v) is 16.8. The summed E-state index contributed by atoms with van der Waals surface area (Å²) in [5.41, 5.74) is -1.68. The van der Waals surface area contributed by atoms with Gasteiger partial charge in [0.25, 0.3) is 5.56 Å². The van der Waals surface area contributed by atoms with Gasteiger partial charge in [-0.05, 0) is 30.7 Å². The molecule has 31 heavy (non-hydrogen) atoms. The average molecular weight is 450 g/mol. The number of aliphatic imine (C=N–C) groups is 1. The normalized spacial score (nSPS) is 18.7. The van der Waals surface area contributed by atoms with E-state index in [4.69, 9.17) is 0 Å². The van der Waals surface area contributed by atoms with Gasteiger partial charge in [0.2, 0.25) is 5.88 Å². The first-order valence-electron chi connectivity index (χ1n) is 9.35. The first-order chi connectivity index (χ1) is 14.6. The molecular weight excluding hydrogens is 433 g/mol. The molecule has 2 aromatic carbocycles. The zero-order valence-electron chi connectivity index (χ0n) is 16.0. The molecule has 4 rings (SSSR count). The quantitative estimate of drug-likeness (QED) is 0.620. The van der Waals surface area contributed by atoms with Crippen molar-refractivity contribution in [2.24, 2.45) is 4.99 Å². The van der Waals surface area contributed by atoms with Gasteiger partial charge in [0.05, 0.1) is 34.4 Å². The topological polar surface area (TPSA) is 88.7 Å². The van der Waals surface area contributed by atoms with Crippen molar-refractivity contribution < 1.29 is 26.7 Å². The molecule has 1 aliphatic rings. The van der Waals surface area contributed by atoms with Crippen LogP contribution in [0.4, 0.5) is 13.2 Å². The predicted octanol–water partition coefficient (Wildman–Crippen LogP) is 3.32. The van der Waals surface area contributed by atoms with Crippen LogP contribution in [0.1, 0.15) is 17.5 Å². The Morgan fingerprint density at radius 3 is 2.45 bits per heavy atom. The number of halogens is 3. The van der Waals surface area contributed by atoms with Gasteiger partial charge in [0.15, 0.2) is 9.84 Å². The van der Waals surface area contributed by atoms with Gasteiger partial charge < -0.3 is 5.11 Å². The van der Waals surface area contributed by atoms with Crippen molar-refractivity contribution in [3.05, 3.63) is 70.0 Å². The summed E-state index contributed by atoms with van der Waals surface area (Å²) in [6.45, 7) is 0. The number of fused-ring (bicyclic) bond motifs is 1. The minimum atomic E-state index is -4.62. The van der Waals surface area contributed by atoms with Gasteiger partial charge in [-0.15, -0.1) is 0 Å². The van der Waals surface area contributed by atoms with Gasteiger partial charge >= 0.3 is 6.18 Å². The van der Waals surface area contributed by atoms with Crippen molar-refractivity contribution >= 4 is 26.8 Å². The van der Waals surface area contributed by atoms with Crippen LogP contribution in [-0.2, 0) is 16.0 Å². The van der Waals surface area contributed by atoms with E-state index in [1.54, 1.807) is 18.2 Å². The molecule has 0 aliphatic carbocycles. The van der Waals surface area contributed by atoms with Gasteiger partial charge in [-0.1, -0.05) is 24.3 Å². The van der Waals surface area contributed by atoms with Crippen LogP contribution in [-0.4, -0.2) is 41.9 Å². The molecule has 10 heteroatoms. The Labute approximate surface area is 175 Å². The molecule has 0 bridgehead atoms. The van der Waals surface area contributed by atoms with E-state index in [-0.39, 0.29) is 28.1 Å². The van der Waals surface area contributed by atoms with Gasteiger partial charge in [-0.25, -0.2) is 13.0 Å². The number of sulfone groups is 1.